The molecule has 1 fully saturated rings. The zero-order chi connectivity index (χ0) is 13.8. The number of nitrogens with two attached hydrogens (primary N) is 1. The summed E-state index contributed by atoms with van der Waals surface area (Å²) in [6, 6.07) is -1.04. The number of ether oxygens (including phenoxy) is 1. The molecular formula is C6H15ClKNO9S. The Morgan fingerprint density at radius 1 is 1.21 bits per heavy atom. The Bertz CT molecular complexity index is 318. The second kappa shape index (κ2) is 11.2. The first-order chi connectivity index (χ1) is 7.57. The number of hydrogen-bond acceptors (Lipinski definition) is 9. The molecule has 1 saturated heterocycles. The third-order valence-corrected chi connectivity index (χ3v) is 1.95. The predicted octanol–water partition coefficient (Wildman–Crippen LogP) is -6.82. The van der Waals surface area contributed by atoms with Gasteiger partial charge in [-0.05, 0) is 0 Å². The summed E-state index contributed by atoms with van der Waals surface area (Å²) in [6.07, 6.45) is -4.85. The van der Waals surface area contributed by atoms with E-state index in [1.807, 2.05) is 0 Å². The largest absolute Gasteiger partial charge is 1.00 e. The predicted molar refractivity (Wildman–Crippen MR) is 57.5 cm³/mol. The van der Waals surface area contributed by atoms with Crippen LogP contribution in [0.5, 0.6) is 0 Å². The Balaban J connectivity index is -0.000000320. The maximum absolute atomic E-state index is 9.20. The number of halogens is 1. The Labute approximate surface area is 158 Å². The van der Waals surface area contributed by atoms with E-state index >= 15 is 0 Å². The zero-order valence-corrected chi connectivity index (χ0v) is 14.6. The summed E-state index contributed by atoms with van der Waals surface area (Å²) in [7, 11) is -4.92. The van der Waals surface area contributed by atoms with E-state index in [-0.39, 0.29) is 63.8 Å². The minimum atomic E-state index is -4.92. The second-order valence-electron chi connectivity index (χ2n) is 3.23. The van der Waals surface area contributed by atoms with Crippen LogP contribution >= 0.6 is 12.4 Å². The second-order valence-corrected chi connectivity index (χ2v) is 4.09. The number of hydrogen-bond donors (Lipinski definition) is 6. The molecule has 0 radical (unpaired) electrons. The van der Waals surface area contributed by atoms with Crippen LogP contribution in [0.15, 0.2) is 0 Å². The molecule has 1 heterocycles. The number of aliphatic hydroxyl groups excluding tert-OH is 4. The normalized spacial score (nSPS) is 34.2. The molecule has 0 unspecified atom stereocenters. The monoisotopic (exact) mass is 351 g/mol. The molecular weight excluding hydrogens is 337 g/mol. The molecule has 0 aromatic carbocycles. The van der Waals surface area contributed by atoms with E-state index in [0.717, 1.165) is 0 Å². The Morgan fingerprint density at radius 2 is 1.58 bits per heavy atom. The molecule has 7 N–H and O–H groups in total. The fourth-order valence-corrected chi connectivity index (χ4v) is 1.12. The first-order valence-corrected chi connectivity index (χ1v) is 5.68. The summed E-state index contributed by atoms with van der Waals surface area (Å²) in [5, 5.41) is 36.1. The molecule has 0 spiro atoms. The van der Waals surface area contributed by atoms with Gasteiger partial charge in [0.2, 0.25) is 10.4 Å². The average Bonchev–Trinajstić information content (AvgIpc) is 2.18. The van der Waals surface area contributed by atoms with Gasteiger partial charge in [-0.25, -0.2) is 8.42 Å². The van der Waals surface area contributed by atoms with E-state index in [4.69, 9.17) is 38.2 Å². The molecule has 5 atom stereocenters. The molecule has 0 aliphatic carbocycles. The van der Waals surface area contributed by atoms with E-state index in [1.165, 1.54) is 0 Å². The molecule has 1 aliphatic heterocycles. The van der Waals surface area contributed by atoms with Crippen molar-refractivity contribution in [1.82, 2.24) is 0 Å². The number of aliphatic hydroxyl groups is 4. The van der Waals surface area contributed by atoms with Crippen molar-refractivity contribution in [2.24, 2.45) is 5.73 Å². The average molecular weight is 352 g/mol. The SMILES string of the molecule is Cl.N[C@@H]1[C@@H](O)[C@H](O)[C@@H](CO)O[C@H]1O.O=S(=O)([O-])O.[K+]. The Morgan fingerprint density at radius 3 is 1.89 bits per heavy atom. The van der Waals surface area contributed by atoms with Crippen LogP contribution in [-0.4, -0.2) is 75.2 Å². The van der Waals surface area contributed by atoms with Crippen molar-refractivity contribution < 1.29 is 94.1 Å². The minimum absolute atomic E-state index is 0. The van der Waals surface area contributed by atoms with Gasteiger partial charge in [-0.3, -0.25) is 4.55 Å². The molecule has 0 aromatic rings. The van der Waals surface area contributed by atoms with Crippen molar-refractivity contribution in [1.29, 1.82) is 0 Å². The Kier molecular flexibility index (Phi) is 15.0. The molecule has 10 nitrogen and oxygen atoms in total. The third-order valence-electron chi connectivity index (χ3n) is 1.95. The molecule has 0 saturated carbocycles. The number of rotatable bonds is 1. The van der Waals surface area contributed by atoms with Crippen LogP contribution in [0, 0.1) is 0 Å². The maximum Gasteiger partial charge on any atom is 1.00 e. The fraction of sp³-hybridized carbons (Fsp3) is 1.00. The van der Waals surface area contributed by atoms with Crippen molar-refractivity contribution in [2.75, 3.05) is 6.61 Å². The summed E-state index contributed by atoms with van der Waals surface area (Å²) in [6.45, 7) is -0.470. The molecule has 13 heteroatoms. The van der Waals surface area contributed by atoms with E-state index < -0.39 is 47.6 Å². The van der Waals surface area contributed by atoms with Gasteiger partial charge in [-0.2, -0.15) is 0 Å². The van der Waals surface area contributed by atoms with Gasteiger partial charge in [0.1, 0.15) is 18.3 Å². The molecule has 112 valence electrons. The van der Waals surface area contributed by atoms with Crippen LogP contribution < -0.4 is 57.1 Å². The third kappa shape index (κ3) is 10.9. The van der Waals surface area contributed by atoms with Gasteiger partial charge in [0.05, 0.1) is 12.6 Å². The molecule has 0 aromatic heterocycles. The van der Waals surface area contributed by atoms with Gasteiger partial charge < -0.3 is 35.4 Å². The van der Waals surface area contributed by atoms with Gasteiger partial charge in [0, 0.05) is 0 Å². The summed E-state index contributed by atoms with van der Waals surface area (Å²) in [4.78, 5) is 0. The van der Waals surface area contributed by atoms with Gasteiger partial charge in [-0.15, -0.1) is 12.4 Å². The van der Waals surface area contributed by atoms with Crippen molar-refractivity contribution >= 4 is 22.8 Å². The molecule has 0 bridgehead atoms. The van der Waals surface area contributed by atoms with Crippen molar-refractivity contribution in [3.63, 3.8) is 0 Å². The summed E-state index contributed by atoms with van der Waals surface area (Å²) in [5.41, 5.74) is 5.26. The Hall–Kier alpha value is 1.56. The van der Waals surface area contributed by atoms with Crippen LogP contribution in [-0.2, 0) is 15.1 Å². The molecule has 1 aliphatic rings. The van der Waals surface area contributed by atoms with Crippen molar-refractivity contribution in [2.45, 2.75) is 30.6 Å². The summed E-state index contributed by atoms with van der Waals surface area (Å²) >= 11 is 0. The molecule has 1 rings (SSSR count). The van der Waals surface area contributed by atoms with Crippen LogP contribution in [0.3, 0.4) is 0 Å². The zero-order valence-electron chi connectivity index (χ0n) is 9.86. The van der Waals surface area contributed by atoms with E-state index in [1.54, 1.807) is 0 Å². The molecule has 19 heavy (non-hydrogen) atoms. The van der Waals surface area contributed by atoms with Crippen LogP contribution in [0.4, 0.5) is 0 Å². The van der Waals surface area contributed by atoms with E-state index in [2.05, 4.69) is 0 Å². The standard InChI is InChI=1S/C6H13NO5.ClH.K.H2O4S/c7-3-5(10)4(9)2(1-8)12-6(3)11;;;1-5(2,3)4/h2-6,8-11H,1,7H2;1H;;(H2,1,2,3,4)/q;;+1;/p-1/t2-,3-,4-,5-,6-;;;/m1.../s1. The van der Waals surface area contributed by atoms with Crippen LogP contribution in [0.25, 0.3) is 0 Å². The van der Waals surface area contributed by atoms with E-state index in [9.17, 15) is 10.2 Å². The molecule has 0 amide bonds. The quantitative estimate of drug-likeness (QED) is 0.150. The van der Waals surface area contributed by atoms with Crippen LogP contribution in [0.1, 0.15) is 0 Å². The van der Waals surface area contributed by atoms with Crippen LogP contribution in [0.2, 0.25) is 0 Å². The first-order valence-electron chi connectivity index (χ1n) is 4.32. The summed E-state index contributed by atoms with van der Waals surface area (Å²) in [5.74, 6) is 0. The van der Waals surface area contributed by atoms with Gasteiger partial charge in [0.25, 0.3) is 0 Å². The maximum atomic E-state index is 9.20. The van der Waals surface area contributed by atoms with Gasteiger partial charge >= 0.3 is 51.4 Å². The van der Waals surface area contributed by atoms with Crippen molar-refractivity contribution in [3.8, 4) is 0 Å². The minimum Gasteiger partial charge on any atom is -0.726 e. The topological polar surface area (TPSA) is 194 Å². The van der Waals surface area contributed by atoms with Gasteiger partial charge in [-0.1, -0.05) is 0 Å². The van der Waals surface area contributed by atoms with Gasteiger partial charge in [0.15, 0.2) is 6.29 Å². The summed E-state index contributed by atoms with van der Waals surface area (Å²) < 4.78 is 37.5. The smallest absolute Gasteiger partial charge is 0.726 e. The van der Waals surface area contributed by atoms with E-state index in [0.29, 0.717) is 0 Å². The first kappa shape index (κ1) is 25.5. The fourth-order valence-electron chi connectivity index (χ4n) is 1.12. The van der Waals surface area contributed by atoms with Crippen molar-refractivity contribution in [3.05, 3.63) is 0 Å².